The first-order valence-electron chi connectivity index (χ1n) is 4.59. The second kappa shape index (κ2) is 2.97. The predicted octanol–water partition coefficient (Wildman–Crippen LogP) is 3.23. The first-order chi connectivity index (χ1) is 6.04. The molecule has 1 heterocycles. The zero-order valence-electron chi connectivity index (χ0n) is 7.88. The molecule has 1 fully saturated rings. The molecule has 1 saturated carbocycles. The van der Waals surface area contributed by atoms with Crippen molar-refractivity contribution in [1.82, 2.24) is 0 Å². The summed E-state index contributed by atoms with van der Waals surface area (Å²) in [6.45, 7) is 4.46. The van der Waals surface area contributed by atoms with Crippen molar-refractivity contribution in [1.29, 1.82) is 0 Å². The van der Waals surface area contributed by atoms with E-state index in [2.05, 4.69) is 19.9 Å². The summed E-state index contributed by atoms with van der Waals surface area (Å²) in [7, 11) is 0. The highest BCUT2D eigenvalue weighted by atomic mass is 35.5. The normalized spacial score (nSPS) is 32.5. The Bertz CT molecular complexity index is 320. The van der Waals surface area contributed by atoms with Crippen molar-refractivity contribution in [3.05, 3.63) is 21.3 Å². The second-order valence-electron chi connectivity index (χ2n) is 4.20. The molecule has 2 N–H and O–H groups in total. The Hall–Kier alpha value is -0.0500. The highest BCUT2D eigenvalue weighted by molar-refractivity contribution is 7.16. The van der Waals surface area contributed by atoms with Gasteiger partial charge < -0.3 is 5.73 Å². The van der Waals surface area contributed by atoms with Crippen LogP contribution in [0.25, 0.3) is 0 Å². The summed E-state index contributed by atoms with van der Waals surface area (Å²) >= 11 is 7.50. The van der Waals surface area contributed by atoms with Gasteiger partial charge in [0.25, 0.3) is 0 Å². The zero-order chi connectivity index (χ0) is 9.64. The fourth-order valence-corrected chi connectivity index (χ4v) is 3.20. The summed E-state index contributed by atoms with van der Waals surface area (Å²) in [5.74, 6) is 1.31. The molecule has 2 rings (SSSR count). The minimum atomic E-state index is -0.0635. The largest absolute Gasteiger partial charge is 0.320 e. The lowest BCUT2D eigenvalue weighted by Gasteiger charge is -2.10. The topological polar surface area (TPSA) is 26.0 Å². The van der Waals surface area contributed by atoms with Gasteiger partial charge in [-0.15, -0.1) is 11.3 Å². The van der Waals surface area contributed by atoms with Crippen LogP contribution in [0.5, 0.6) is 0 Å². The van der Waals surface area contributed by atoms with E-state index in [4.69, 9.17) is 17.3 Å². The van der Waals surface area contributed by atoms with Crippen LogP contribution in [0, 0.1) is 11.8 Å². The summed E-state index contributed by atoms with van der Waals surface area (Å²) in [5.41, 5.74) is 6.21. The smallest absolute Gasteiger partial charge is 0.0931 e. The van der Waals surface area contributed by atoms with Gasteiger partial charge >= 0.3 is 0 Å². The maximum absolute atomic E-state index is 6.28. The van der Waals surface area contributed by atoms with Crippen molar-refractivity contribution in [3.8, 4) is 0 Å². The number of hydrogen-bond acceptors (Lipinski definition) is 2. The van der Waals surface area contributed by atoms with Crippen molar-refractivity contribution < 1.29 is 0 Å². The molecule has 0 radical (unpaired) electrons. The van der Waals surface area contributed by atoms with Crippen LogP contribution in [0.2, 0.25) is 4.34 Å². The molecular weight excluding hydrogens is 202 g/mol. The molecule has 1 nitrogen and oxygen atoms in total. The van der Waals surface area contributed by atoms with Crippen LogP contribution < -0.4 is 5.73 Å². The molecular formula is C10H14ClNS. The predicted molar refractivity (Wildman–Crippen MR) is 58.1 cm³/mol. The zero-order valence-corrected chi connectivity index (χ0v) is 9.45. The molecule has 0 aliphatic heterocycles. The average molecular weight is 216 g/mol. The molecule has 0 saturated heterocycles. The van der Waals surface area contributed by atoms with Gasteiger partial charge in [-0.1, -0.05) is 25.4 Å². The third kappa shape index (κ3) is 1.51. The van der Waals surface area contributed by atoms with Crippen LogP contribution in [-0.2, 0) is 5.54 Å². The van der Waals surface area contributed by atoms with E-state index < -0.39 is 0 Å². The minimum Gasteiger partial charge on any atom is -0.320 e. The molecule has 0 bridgehead atoms. The maximum atomic E-state index is 6.28. The molecule has 3 heteroatoms. The molecule has 0 amide bonds. The number of hydrogen-bond donors (Lipinski definition) is 1. The van der Waals surface area contributed by atoms with E-state index in [-0.39, 0.29) is 5.54 Å². The number of thiophene rings is 1. The average Bonchev–Trinajstić information content (AvgIpc) is 2.54. The van der Waals surface area contributed by atoms with E-state index >= 15 is 0 Å². The molecule has 1 aliphatic carbocycles. The Morgan fingerprint density at radius 3 is 2.69 bits per heavy atom. The molecule has 0 aromatic carbocycles. The first kappa shape index (κ1) is 9.50. The lowest BCUT2D eigenvalue weighted by molar-refractivity contribution is 0.492. The van der Waals surface area contributed by atoms with E-state index in [0.717, 1.165) is 10.8 Å². The van der Waals surface area contributed by atoms with Crippen LogP contribution in [0.4, 0.5) is 0 Å². The first-order valence-corrected chi connectivity index (χ1v) is 5.78. The molecule has 1 aromatic rings. The lowest BCUT2D eigenvalue weighted by atomic mass is 10.0. The quantitative estimate of drug-likeness (QED) is 0.806. The molecule has 0 spiro atoms. The fourth-order valence-electron chi connectivity index (χ4n) is 1.98. The standard InChI is InChI=1S/C10H14ClNS/c1-6(2)7-5-10(7,12)8-3-4-9(11)13-8/h3-4,6-7H,5,12H2,1-2H3. The summed E-state index contributed by atoms with van der Waals surface area (Å²) in [5, 5.41) is 0. The van der Waals surface area contributed by atoms with Crippen molar-refractivity contribution in [2.24, 2.45) is 17.6 Å². The van der Waals surface area contributed by atoms with Gasteiger partial charge in [0, 0.05) is 4.88 Å². The van der Waals surface area contributed by atoms with Gasteiger partial charge in [-0.05, 0) is 30.4 Å². The maximum Gasteiger partial charge on any atom is 0.0931 e. The van der Waals surface area contributed by atoms with Crippen molar-refractivity contribution in [3.63, 3.8) is 0 Å². The van der Waals surface area contributed by atoms with Gasteiger partial charge in [-0.25, -0.2) is 0 Å². The molecule has 13 heavy (non-hydrogen) atoms. The highest BCUT2D eigenvalue weighted by Gasteiger charge is 2.54. The Balaban J connectivity index is 2.20. The molecule has 1 aliphatic rings. The Morgan fingerprint density at radius 2 is 2.31 bits per heavy atom. The van der Waals surface area contributed by atoms with Crippen LogP contribution in [0.3, 0.4) is 0 Å². The fraction of sp³-hybridized carbons (Fsp3) is 0.600. The van der Waals surface area contributed by atoms with Gasteiger partial charge in [0.1, 0.15) is 0 Å². The summed E-state index contributed by atoms with van der Waals surface area (Å²) < 4.78 is 0.842. The van der Waals surface area contributed by atoms with Gasteiger partial charge in [-0.2, -0.15) is 0 Å². The molecule has 2 unspecified atom stereocenters. The van der Waals surface area contributed by atoms with Crippen molar-refractivity contribution in [2.75, 3.05) is 0 Å². The van der Waals surface area contributed by atoms with Gasteiger partial charge in [0.05, 0.1) is 9.88 Å². The van der Waals surface area contributed by atoms with E-state index in [1.165, 1.54) is 4.88 Å². The minimum absolute atomic E-state index is 0.0635. The number of rotatable bonds is 2. The Labute approximate surface area is 87.9 Å². The summed E-state index contributed by atoms with van der Waals surface area (Å²) in [6, 6.07) is 4.00. The van der Waals surface area contributed by atoms with E-state index in [0.29, 0.717) is 11.8 Å². The summed E-state index contributed by atoms with van der Waals surface area (Å²) in [6.07, 6.45) is 1.11. The Kier molecular flexibility index (Phi) is 2.17. The molecule has 1 aromatic heterocycles. The van der Waals surface area contributed by atoms with Crippen LogP contribution in [0.1, 0.15) is 25.1 Å². The Morgan fingerprint density at radius 1 is 1.62 bits per heavy atom. The van der Waals surface area contributed by atoms with Gasteiger partial charge in [-0.3, -0.25) is 0 Å². The number of halogens is 1. The van der Waals surface area contributed by atoms with Gasteiger partial charge in [0.15, 0.2) is 0 Å². The van der Waals surface area contributed by atoms with Gasteiger partial charge in [0.2, 0.25) is 0 Å². The highest BCUT2D eigenvalue weighted by Crippen LogP contribution is 2.55. The van der Waals surface area contributed by atoms with Crippen LogP contribution >= 0.6 is 22.9 Å². The number of nitrogens with two attached hydrogens (primary N) is 1. The summed E-state index contributed by atoms with van der Waals surface area (Å²) in [4.78, 5) is 1.25. The van der Waals surface area contributed by atoms with Crippen molar-refractivity contribution >= 4 is 22.9 Å². The SMILES string of the molecule is CC(C)C1CC1(N)c1ccc(Cl)s1. The van der Waals surface area contributed by atoms with E-state index in [1.54, 1.807) is 11.3 Å². The molecule has 2 atom stereocenters. The second-order valence-corrected chi connectivity index (χ2v) is 5.91. The third-order valence-corrected chi connectivity index (χ3v) is 4.32. The third-order valence-electron chi connectivity index (χ3n) is 2.90. The van der Waals surface area contributed by atoms with Crippen LogP contribution in [0.15, 0.2) is 12.1 Å². The van der Waals surface area contributed by atoms with E-state index in [1.807, 2.05) is 6.07 Å². The van der Waals surface area contributed by atoms with Crippen molar-refractivity contribution in [2.45, 2.75) is 25.8 Å². The van der Waals surface area contributed by atoms with E-state index in [9.17, 15) is 0 Å². The molecule has 72 valence electrons. The lowest BCUT2D eigenvalue weighted by Crippen LogP contribution is -2.22. The monoisotopic (exact) mass is 215 g/mol. The van der Waals surface area contributed by atoms with Crippen LogP contribution in [-0.4, -0.2) is 0 Å².